The monoisotopic (exact) mass is 1540 g/mol. The standard InChI is InChI=1S/C47H62N2O6.C28H31ClO6.C19H32N2/c1-45(2,3)37-26-34(27-38(28-37)46(4,5)6)30-49-22-20-48(21-23-49)24-25-52-39-14-10-35(11-15-39)44-42-19-18-41(55-33-51-9)29-43(42)53-31-47(44,7)36-12-16-40(17-13-36)54-32-50-8;1-28(21-6-10-23(11-7-21)34-18-30-2)17-33-26-16-24(35-19-31-3)12-13-25(26)27(28)20-4-8-22(9-5-20)32-15-14-29;1-18(2,3)16-11-15(12-17(13-16)19(4,5)6)14-21-9-7-20-8-10-21/h10-19,26-29,44H,20-25,30-33H2,1-9H3;4-13,16,27H,14-15,17-19H2,1-3H3;11-13,20H,7-10,14H2,1-6H3/t44-,47-;27-,28-;/m11./s1. The highest BCUT2D eigenvalue weighted by molar-refractivity contribution is 6.18. The highest BCUT2D eigenvalue weighted by Crippen LogP contribution is 2.53. The van der Waals surface area contributed by atoms with Crippen LogP contribution < -0.4 is 43.2 Å². The molecule has 0 radical (unpaired) electrons. The molecule has 4 atom stereocenters. The molecule has 17 heteroatoms. The zero-order chi connectivity index (χ0) is 79.6. The van der Waals surface area contributed by atoms with Gasteiger partial charge >= 0.3 is 0 Å². The van der Waals surface area contributed by atoms with E-state index in [0.29, 0.717) is 43.8 Å². The van der Waals surface area contributed by atoms with Crippen molar-refractivity contribution in [1.29, 1.82) is 0 Å². The molecule has 8 aromatic carbocycles. The second kappa shape index (κ2) is 38.8. The minimum absolute atomic E-state index is 0.0276. The van der Waals surface area contributed by atoms with Crippen LogP contribution in [-0.2, 0) is 64.5 Å². The number of halogens is 1. The largest absolute Gasteiger partial charge is 0.492 e. The van der Waals surface area contributed by atoms with Crippen LogP contribution in [0.25, 0.3) is 0 Å². The number of piperazine rings is 2. The van der Waals surface area contributed by atoms with E-state index in [1.807, 2.05) is 60.7 Å². The topological polar surface area (TPSA) is 133 Å². The number of hydrogen-bond acceptors (Lipinski definition) is 16. The molecule has 16 nitrogen and oxygen atoms in total. The Morgan fingerprint density at radius 3 is 1.05 bits per heavy atom. The molecule has 4 aliphatic heterocycles. The maximum atomic E-state index is 6.46. The minimum Gasteiger partial charge on any atom is -0.492 e. The molecule has 0 aliphatic carbocycles. The van der Waals surface area contributed by atoms with E-state index in [0.717, 1.165) is 123 Å². The first-order valence-electron chi connectivity index (χ1n) is 39.4. The molecule has 12 rings (SSSR count). The lowest BCUT2D eigenvalue weighted by atomic mass is 9.65. The van der Waals surface area contributed by atoms with Crippen molar-refractivity contribution < 1.29 is 56.8 Å². The van der Waals surface area contributed by atoms with Crippen LogP contribution in [0.4, 0.5) is 0 Å². The van der Waals surface area contributed by atoms with Crippen molar-refractivity contribution in [3.63, 3.8) is 0 Å². The lowest BCUT2D eigenvalue weighted by molar-refractivity contribution is 0.0505. The Balaban J connectivity index is 0.000000198. The van der Waals surface area contributed by atoms with Gasteiger partial charge in [0.2, 0.25) is 0 Å². The fourth-order valence-corrected chi connectivity index (χ4v) is 15.1. The molecule has 4 heterocycles. The van der Waals surface area contributed by atoms with Crippen LogP contribution in [0.1, 0.15) is 176 Å². The zero-order valence-electron chi connectivity index (χ0n) is 69.6. The number of fused-ring (bicyclic) bond motifs is 2. The van der Waals surface area contributed by atoms with E-state index >= 15 is 0 Å². The predicted octanol–water partition coefficient (Wildman–Crippen LogP) is 18.4. The van der Waals surface area contributed by atoms with Crippen LogP contribution >= 0.6 is 11.6 Å². The minimum atomic E-state index is -0.351. The molecule has 2 fully saturated rings. The summed E-state index contributed by atoms with van der Waals surface area (Å²) < 4.78 is 67.8. The number of benzene rings is 8. The number of alkyl halides is 1. The lowest BCUT2D eigenvalue weighted by Crippen LogP contribution is -2.47. The molecule has 0 aromatic heterocycles. The van der Waals surface area contributed by atoms with Crippen molar-refractivity contribution in [1.82, 2.24) is 20.0 Å². The van der Waals surface area contributed by atoms with E-state index in [1.165, 1.54) is 50.1 Å². The fraction of sp³-hybridized carbons (Fsp3) is 0.489. The van der Waals surface area contributed by atoms with Crippen LogP contribution in [0.2, 0.25) is 0 Å². The quantitative estimate of drug-likeness (QED) is 0.0386. The van der Waals surface area contributed by atoms with Gasteiger partial charge in [-0.25, -0.2) is 0 Å². The average Bonchev–Trinajstić information content (AvgIpc) is 0.743. The maximum Gasteiger partial charge on any atom is 0.188 e. The van der Waals surface area contributed by atoms with Crippen molar-refractivity contribution >= 4 is 11.6 Å². The van der Waals surface area contributed by atoms with Crippen LogP contribution in [0.15, 0.2) is 170 Å². The Bertz CT molecular complexity index is 4130. The predicted molar refractivity (Wildman–Crippen MR) is 447 cm³/mol. The Kier molecular flexibility index (Phi) is 29.9. The van der Waals surface area contributed by atoms with Gasteiger partial charge in [-0.05, 0) is 138 Å². The summed E-state index contributed by atoms with van der Waals surface area (Å²) in [6.45, 7) is 46.9. The SMILES string of the molecule is CC(C)(C)c1cc(CN2CCNCC2)cc(C(C)(C)C)c1.COCOc1ccc([C@@]2(C)COc3cc(OCOC)ccc3[C@H]2c2ccc(OCCCl)cc2)cc1.COCOc1ccc([C@@]2(C)COc3cc(OCOC)ccc3[C@H]2c2ccc(OCCN3CCN(Cc4cc(C(C)(C)C)cc(C(C)(C)C)c4)CC3)cc2)cc1. The van der Waals surface area contributed by atoms with Gasteiger partial charge in [-0.1, -0.05) is 194 Å². The molecule has 0 unspecified atom stereocenters. The highest BCUT2D eigenvalue weighted by atomic mass is 35.5. The van der Waals surface area contributed by atoms with Crippen LogP contribution in [-0.4, -0.2) is 162 Å². The van der Waals surface area contributed by atoms with Gasteiger partial charge in [0.05, 0.1) is 19.1 Å². The smallest absolute Gasteiger partial charge is 0.188 e. The van der Waals surface area contributed by atoms with Crippen LogP contribution in [0.5, 0.6) is 46.0 Å². The molecule has 0 saturated carbocycles. The van der Waals surface area contributed by atoms with Crippen molar-refractivity contribution in [3.8, 4) is 46.0 Å². The number of nitrogens with one attached hydrogen (secondary N) is 1. The van der Waals surface area contributed by atoms with E-state index in [1.54, 1.807) is 28.4 Å². The summed E-state index contributed by atoms with van der Waals surface area (Å²) in [7, 11) is 6.45. The summed E-state index contributed by atoms with van der Waals surface area (Å²) in [4.78, 5) is 7.69. The summed E-state index contributed by atoms with van der Waals surface area (Å²) in [6, 6.07) is 59.8. The van der Waals surface area contributed by atoms with E-state index in [4.69, 9.17) is 68.4 Å². The van der Waals surface area contributed by atoms with Gasteiger partial charge in [0.25, 0.3) is 0 Å². The highest BCUT2D eigenvalue weighted by Gasteiger charge is 2.45. The first-order chi connectivity index (χ1) is 53.0. The Morgan fingerprint density at radius 1 is 0.378 bits per heavy atom. The summed E-state index contributed by atoms with van der Waals surface area (Å²) >= 11 is 5.78. The zero-order valence-corrected chi connectivity index (χ0v) is 70.3. The van der Waals surface area contributed by atoms with E-state index in [-0.39, 0.29) is 71.5 Å². The molecule has 111 heavy (non-hydrogen) atoms. The molecule has 600 valence electrons. The Morgan fingerprint density at radius 2 is 0.694 bits per heavy atom. The van der Waals surface area contributed by atoms with Gasteiger partial charge < -0.3 is 62.2 Å². The summed E-state index contributed by atoms with van der Waals surface area (Å²) in [5.74, 6) is 6.77. The van der Waals surface area contributed by atoms with Gasteiger partial charge in [-0.2, -0.15) is 0 Å². The van der Waals surface area contributed by atoms with Crippen molar-refractivity contribution in [3.05, 3.63) is 237 Å². The third-order valence-corrected chi connectivity index (χ3v) is 21.9. The molecule has 0 amide bonds. The maximum absolute atomic E-state index is 6.46. The number of methoxy groups -OCH3 is 4. The first kappa shape index (κ1) is 85.6. The summed E-state index contributed by atoms with van der Waals surface area (Å²) in [5, 5.41) is 3.43. The molecular weight excluding hydrogens is 1410 g/mol. The number of hydrogen-bond donors (Lipinski definition) is 1. The lowest BCUT2D eigenvalue weighted by Gasteiger charge is -2.43. The fourth-order valence-electron chi connectivity index (χ4n) is 15.0. The molecule has 1 N–H and O–H groups in total. The van der Waals surface area contributed by atoms with Crippen molar-refractivity contribution in [2.75, 3.05) is 147 Å². The number of nitrogens with zero attached hydrogens (tertiary/aromatic N) is 3. The second-order valence-electron chi connectivity index (χ2n) is 34.4. The van der Waals surface area contributed by atoms with E-state index in [2.05, 4.69) is 226 Å². The molecule has 8 aromatic rings. The number of ether oxygens (including phenoxy) is 12. The summed E-state index contributed by atoms with van der Waals surface area (Å²) in [6.07, 6.45) is 0. The third kappa shape index (κ3) is 23.2. The molecule has 0 bridgehead atoms. The Labute approximate surface area is 668 Å². The normalized spacial score (nSPS) is 19.0. The third-order valence-electron chi connectivity index (χ3n) is 21.7. The molecule has 2 saturated heterocycles. The molecule has 4 aliphatic rings. The number of rotatable bonds is 27. The van der Waals surface area contributed by atoms with Crippen molar-refractivity contribution in [2.45, 2.75) is 154 Å². The van der Waals surface area contributed by atoms with Gasteiger partial charge in [0.1, 0.15) is 59.2 Å². The van der Waals surface area contributed by atoms with Gasteiger partial charge in [0.15, 0.2) is 27.2 Å². The van der Waals surface area contributed by atoms with Crippen molar-refractivity contribution in [2.24, 2.45) is 0 Å². The van der Waals surface area contributed by atoms with Gasteiger partial charge in [0, 0.05) is 146 Å². The average molecular weight is 1540 g/mol. The van der Waals surface area contributed by atoms with E-state index < -0.39 is 0 Å². The van der Waals surface area contributed by atoms with Gasteiger partial charge in [-0.15, -0.1) is 11.6 Å². The molecule has 0 spiro atoms. The Hall–Kier alpha value is -7.87. The molecular formula is C94H125ClN4O12. The van der Waals surface area contributed by atoms with E-state index in [9.17, 15) is 0 Å². The van der Waals surface area contributed by atoms with Crippen LogP contribution in [0, 0.1) is 0 Å². The van der Waals surface area contributed by atoms with Gasteiger partial charge in [-0.3, -0.25) is 14.7 Å². The second-order valence-corrected chi connectivity index (χ2v) is 34.8. The first-order valence-corrected chi connectivity index (χ1v) is 40.0. The van der Waals surface area contributed by atoms with Crippen LogP contribution in [0.3, 0.4) is 0 Å². The summed E-state index contributed by atoms with van der Waals surface area (Å²) in [5.41, 5.74) is 15.5.